The zero-order valence-electron chi connectivity index (χ0n) is 10.6. The van der Waals surface area contributed by atoms with E-state index in [-0.39, 0.29) is 4.90 Å². The number of aromatic amines is 1. The Kier molecular flexibility index (Phi) is 3.44. The normalized spacial score (nSPS) is 11.3. The van der Waals surface area contributed by atoms with Crippen molar-refractivity contribution in [2.45, 2.75) is 11.8 Å². The Bertz CT molecular complexity index is 750. The number of nitrogens with one attached hydrogen (secondary N) is 1. The van der Waals surface area contributed by atoms with Crippen LogP contribution < -0.4 is 9.73 Å². The molecule has 0 fully saturated rings. The summed E-state index contributed by atoms with van der Waals surface area (Å²) in [6, 6.07) is 8.29. The number of benzene rings is 1. The second-order valence-electron chi connectivity index (χ2n) is 4.13. The Balaban J connectivity index is 2.56. The van der Waals surface area contributed by atoms with Gasteiger partial charge in [0.25, 0.3) is 10.0 Å². The highest BCUT2D eigenvalue weighted by molar-refractivity contribution is 7.92. The van der Waals surface area contributed by atoms with Crippen LogP contribution in [0.3, 0.4) is 0 Å². The van der Waals surface area contributed by atoms with Gasteiger partial charge in [0.05, 0.1) is 5.69 Å². The lowest BCUT2D eigenvalue weighted by Gasteiger charge is -2.20. The summed E-state index contributed by atoms with van der Waals surface area (Å²) in [5, 5.41) is 0. The van der Waals surface area contributed by atoms with E-state index < -0.39 is 15.5 Å². The summed E-state index contributed by atoms with van der Waals surface area (Å²) in [5.41, 5.74) is 0.839. The molecule has 1 aromatic carbocycles. The van der Waals surface area contributed by atoms with Gasteiger partial charge in [-0.15, -0.1) is 0 Å². The summed E-state index contributed by atoms with van der Waals surface area (Å²) >= 11 is 0. The number of hydrogen-bond donors (Lipinski definition) is 1. The van der Waals surface area contributed by atoms with E-state index >= 15 is 0 Å². The van der Waals surface area contributed by atoms with Crippen LogP contribution in [-0.2, 0) is 10.0 Å². The molecule has 2 aromatic rings. The molecule has 0 saturated heterocycles. The fourth-order valence-corrected chi connectivity index (χ4v) is 3.09. The van der Waals surface area contributed by atoms with E-state index in [2.05, 4.69) is 4.98 Å². The van der Waals surface area contributed by atoms with Crippen LogP contribution in [0.5, 0.6) is 0 Å². The SMILES string of the molecule is Cc1ccccc1N(C)S(=O)(=O)c1c[nH]ccc1=O. The Labute approximate surface area is 111 Å². The summed E-state index contributed by atoms with van der Waals surface area (Å²) in [6.45, 7) is 1.82. The highest BCUT2D eigenvalue weighted by Gasteiger charge is 2.24. The van der Waals surface area contributed by atoms with Gasteiger partial charge in [-0.25, -0.2) is 8.42 Å². The van der Waals surface area contributed by atoms with Crippen LogP contribution in [-0.4, -0.2) is 20.4 Å². The number of hydrogen-bond acceptors (Lipinski definition) is 3. The minimum atomic E-state index is -3.86. The fraction of sp³-hybridized carbons (Fsp3) is 0.154. The van der Waals surface area contributed by atoms with Gasteiger partial charge in [-0.05, 0) is 18.6 Å². The predicted molar refractivity (Wildman–Crippen MR) is 73.8 cm³/mol. The number of aryl methyl sites for hydroxylation is 1. The van der Waals surface area contributed by atoms with Crippen molar-refractivity contribution in [3.63, 3.8) is 0 Å². The maximum Gasteiger partial charge on any atom is 0.269 e. The minimum absolute atomic E-state index is 0.263. The maximum atomic E-state index is 12.4. The van der Waals surface area contributed by atoms with Gasteiger partial charge in [-0.1, -0.05) is 18.2 Å². The summed E-state index contributed by atoms with van der Waals surface area (Å²) in [6.07, 6.45) is 2.60. The molecule has 6 heteroatoms. The first-order valence-corrected chi connectivity index (χ1v) is 7.10. The Morgan fingerprint density at radius 1 is 1.16 bits per heavy atom. The van der Waals surface area contributed by atoms with Crippen molar-refractivity contribution in [2.24, 2.45) is 0 Å². The molecular formula is C13H14N2O3S. The second kappa shape index (κ2) is 4.89. The third-order valence-electron chi connectivity index (χ3n) is 2.88. The second-order valence-corrected chi connectivity index (χ2v) is 6.07. The first kappa shape index (κ1) is 13.4. The largest absolute Gasteiger partial charge is 0.366 e. The average Bonchev–Trinajstić information content (AvgIpc) is 2.39. The first-order chi connectivity index (χ1) is 8.94. The lowest BCUT2D eigenvalue weighted by molar-refractivity contribution is 0.593. The molecule has 1 N–H and O–H groups in total. The number of para-hydroxylation sites is 1. The molecule has 0 spiro atoms. The number of pyridine rings is 1. The lowest BCUT2D eigenvalue weighted by Crippen LogP contribution is -2.31. The van der Waals surface area contributed by atoms with Gasteiger partial charge in [0.1, 0.15) is 0 Å². The summed E-state index contributed by atoms with van der Waals surface area (Å²) < 4.78 is 25.9. The van der Waals surface area contributed by atoms with E-state index in [0.717, 1.165) is 9.87 Å². The predicted octanol–water partition coefficient (Wildman–Crippen LogP) is 1.51. The van der Waals surface area contributed by atoms with Crippen LogP contribution in [0.25, 0.3) is 0 Å². The van der Waals surface area contributed by atoms with Gasteiger partial charge in [-0.2, -0.15) is 0 Å². The van der Waals surface area contributed by atoms with Crippen molar-refractivity contribution < 1.29 is 8.42 Å². The molecule has 100 valence electrons. The summed E-state index contributed by atoms with van der Waals surface area (Å²) in [4.78, 5) is 14.0. The average molecular weight is 278 g/mol. The molecule has 0 saturated carbocycles. The Morgan fingerprint density at radius 2 is 1.84 bits per heavy atom. The van der Waals surface area contributed by atoms with Crippen molar-refractivity contribution in [1.82, 2.24) is 4.98 Å². The molecule has 1 heterocycles. The molecule has 0 aliphatic heterocycles. The molecular weight excluding hydrogens is 264 g/mol. The fourth-order valence-electron chi connectivity index (χ4n) is 1.80. The molecule has 5 nitrogen and oxygen atoms in total. The van der Waals surface area contributed by atoms with Crippen molar-refractivity contribution >= 4 is 15.7 Å². The van der Waals surface area contributed by atoms with Gasteiger partial charge in [0, 0.05) is 25.5 Å². The Hall–Kier alpha value is -2.08. The third kappa shape index (κ3) is 2.39. The van der Waals surface area contributed by atoms with Crippen molar-refractivity contribution in [3.8, 4) is 0 Å². The van der Waals surface area contributed by atoms with Crippen molar-refractivity contribution in [3.05, 3.63) is 58.5 Å². The quantitative estimate of drug-likeness (QED) is 0.925. The number of sulfonamides is 1. The van der Waals surface area contributed by atoms with E-state index in [4.69, 9.17) is 0 Å². The van der Waals surface area contributed by atoms with E-state index in [1.165, 1.54) is 25.5 Å². The van der Waals surface area contributed by atoms with Crippen LogP contribution in [0, 0.1) is 6.92 Å². The molecule has 0 bridgehead atoms. The van der Waals surface area contributed by atoms with Crippen molar-refractivity contribution in [1.29, 1.82) is 0 Å². The molecule has 2 rings (SSSR count). The highest BCUT2D eigenvalue weighted by atomic mass is 32.2. The van der Waals surface area contributed by atoms with Gasteiger partial charge in [-0.3, -0.25) is 9.10 Å². The molecule has 0 unspecified atom stereocenters. The topological polar surface area (TPSA) is 70.2 Å². The molecule has 0 aliphatic rings. The van der Waals surface area contributed by atoms with Crippen LogP contribution in [0.4, 0.5) is 5.69 Å². The standard InChI is InChI=1S/C13H14N2O3S/c1-10-5-3-4-6-11(10)15(2)19(17,18)13-9-14-8-7-12(13)16/h3-9H,1-2H3,(H,14,16). The zero-order valence-corrected chi connectivity index (χ0v) is 11.4. The van der Waals surface area contributed by atoms with Crippen molar-refractivity contribution in [2.75, 3.05) is 11.4 Å². The van der Waals surface area contributed by atoms with E-state index in [0.29, 0.717) is 5.69 Å². The molecule has 0 aliphatic carbocycles. The molecule has 0 atom stereocenters. The minimum Gasteiger partial charge on any atom is -0.366 e. The van der Waals surface area contributed by atoms with Gasteiger partial charge in [0.2, 0.25) is 5.43 Å². The Morgan fingerprint density at radius 3 is 2.47 bits per heavy atom. The number of nitrogens with zero attached hydrogens (tertiary/aromatic N) is 1. The van der Waals surface area contributed by atoms with Gasteiger partial charge < -0.3 is 4.98 Å². The van der Waals surface area contributed by atoms with Crippen LogP contribution in [0.15, 0.2) is 52.4 Å². The lowest BCUT2D eigenvalue weighted by atomic mass is 10.2. The highest BCUT2D eigenvalue weighted by Crippen LogP contribution is 2.23. The number of rotatable bonds is 3. The van der Waals surface area contributed by atoms with Crippen LogP contribution in [0.1, 0.15) is 5.56 Å². The van der Waals surface area contributed by atoms with Crippen LogP contribution in [0.2, 0.25) is 0 Å². The third-order valence-corrected chi connectivity index (χ3v) is 4.67. The zero-order chi connectivity index (χ0) is 14.0. The molecule has 19 heavy (non-hydrogen) atoms. The molecule has 0 amide bonds. The molecule has 0 radical (unpaired) electrons. The van der Waals surface area contributed by atoms with Gasteiger partial charge in [0.15, 0.2) is 4.90 Å². The summed E-state index contributed by atoms with van der Waals surface area (Å²) in [5.74, 6) is 0. The van der Waals surface area contributed by atoms with Gasteiger partial charge >= 0.3 is 0 Å². The first-order valence-electron chi connectivity index (χ1n) is 5.66. The van der Waals surface area contributed by atoms with Crippen LogP contribution >= 0.6 is 0 Å². The summed E-state index contributed by atoms with van der Waals surface area (Å²) in [7, 11) is -2.42. The smallest absolute Gasteiger partial charge is 0.269 e. The van der Waals surface area contributed by atoms with E-state index in [1.54, 1.807) is 12.1 Å². The maximum absolute atomic E-state index is 12.4. The monoisotopic (exact) mass is 278 g/mol. The van der Waals surface area contributed by atoms with E-state index in [1.807, 2.05) is 19.1 Å². The number of H-pyrrole nitrogens is 1. The number of anilines is 1. The molecule has 1 aromatic heterocycles. The number of aromatic nitrogens is 1. The van der Waals surface area contributed by atoms with E-state index in [9.17, 15) is 13.2 Å².